The van der Waals surface area contributed by atoms with Gasteiger partial charge in [-0.15, -0.1) is 0 Å². The maximum atomic E-state index is 3.58. The van der Waals surface area contributed by atoms with Crippen molar-refractivity contribution < 1.29 is 0 Å². The molecule has 0 radical (unpaired) electrons. The van der Waals surface area contributed by atoms with E-state index in [-0.39, 0.29) is 0 Å². The Hall–Kier alpha value is -0.0800. The van der Waals surface area contributed by atoms with E-state index < -0.39 is 0 Å². The van der Waals surface area contributed by atoms with E-state index >= 15 is 0 Å². The molecular weight excluding hydrogens is 196 g/mol. The molecule has 0 bridgehead atoms. The van der Waals surface area contributed by atoms with Crippen LogP contribution in [0.15, 0.2) is 0 Å². The lowest BCUT2D eigenvalue weighted by Crippen LogP contribution is -2.43. The van der Waals surface area contributed by atoms with Crippen LogP contribution in [0.25, 0.3) is 0 Å². The quantitative estimate of drug-likeness (QED) is 0.749. The molecule has 1 aliphatic rings. The zero-order chi connectivity index (χ0) is 11.8. The van der Waals surface area contributed by atoms with Crippen LogP contribution in [-0.2, 0) is 0 Å². The van der Waals surface area contributed by atoms with Gasteiger partial charge in [0.05, 0.1) is 0 Å². The first-order chi connectivity index (χ1) is 7.81. The molecular formula is C14H30N2. The second kappa shape index (κ2) is 8.08. The predicted octanol–water partition coefficient (Wildman–Crippen LogP) is 2.89. The molecule has 16 heavy (non-hydrogen) atoms. The van der Waals surface area contributed by atoms with Crippen LogP contribution in [0.2, 0.25) is 0 Å². The van der Waals surface area contributed by atoms with E-state index in [0.29, 0.717) is 0 Å². The number of hydrogen-bond acceptors (Lipinski definition) is 2. The van der Waals surface area contributed by atoms with Gasteiger partial charge in [-0.2, -0.15) is 0 Å². The van der Waals surface area contributed by atoms with Gasteiger partial charge in [-0.3, -0.25) is 4.90 Å². The zero-order valence-corrected chi connectivity index (χ0v) is 11.5. The molecule has 96 valence electrons. The van der Waals surface area contributed by atoms with E-state index in [2.05, 4.69) is 31.0 Å². The highest BCUT2D eigenvalue weighted by molar-refractivity contribution is 4.78. The number of rotatable bonds is 6. The Morgan fingerprint density at radius 3 is 2.56 bits per heavy atom. The standard InChI is InChI=1S/C14H30N2/c1-4-13(5-2)12-16(6-3)14-9-7-8-10-15-11-14/h13-15H,4-12H2,1-3H3. The maximum Gasteiger partial charge on any atom is 0.0220 e. The van der Waals surface area contributed by atoms with Crippen molar-refractivity contribution >= 4 is 0 Å². The summed E-state index contributed by atoms with van der Waals surface area (Å²) in [5.41, 5.74) is 0. The largest absolute Gasteiger partial charge is 0.315 e. The van der Waals surface area contributed by atoms with Crippen molar-refractivity contribution in [1.29, 1.82) is 0 Å². The first kappa shape index (κ1) is 14.0. The molecule has 0 amide bonds. The summed E-state index contributed by atoms with van der Waals surface area (Å²) in [6.07, 6.45) is 6.80. The highest BCUT2D eigenvalue weighted by Gasteiger charge is 2.20. The van der Waals surface area contributed by atoms with E-state index in [1.165, 1.54) is 58.3 Å². The second-order valence-corrected chi connectivity index (χ2v) is 5.12. The summed E-state index contributed by atoms with van der Waals surface area (Å²) >= 11 is 0. The van der Waals surface area contributed by atoms with Gasteiger partial charge in [0.15, 0.2) is 0 Å². The van der Waals surface area contributed by atoms with Gasteiger partial charge >= 0.3 is 0 Å². The van der Waals surface area contributed by atoms with Crippen molar-refractivity contribution in [2.24, 2.45) is 5.92 Å². The minimum absolute atomic E-state index is 0.785. The van der Waals surface area contributed by atoms with E-state index in [9.17, 15) is 0 Å². The van der Waals surface area contributed by atoms with Gasteiger partial charge in [-0.25, -0.2) is 0 Å². The van der Waals surface area contributed by atoms with Crippen molar-refractivity contribution in [3.8, 4) is 0 Å². The normalized spacial score (nSPS) is 22.7. The Labute approximate surface area is 102 Å². The van der Waals surface area contributed by atoms with Gasteiger partial charge in [0.1, 0.15) is 0 Å². The van der Waals surface area contributed by atoms with Crippen LogP contribution in [-0.4, -0.2) is 37.1 Å². The molecule has 0 aromatic heterocycles. The van der Waals surface area contributed by atoms with E-state index in [4.69, 9.17) is 0 Å². The molecule has 2 nitrogen and oxygen atoms in total. The molecule has 1 heterocycles. The Balaban J connectivity index is 2.44. The minimum Gasteiger partial charge on any atom is -0.315 e. The fourth-order valence-electron chi connectivity index (χ4n) is 2.73. The van der Waals surface area contributed by atoms with Gasteiger partial charge in [0.25, 0.3) is 0 Å². The summed E-state index contributed by atoms with van der Waals surface area (Å²) in [4.78, 5) is 2.70. The van der Waals surface area contributed by atoms with Crippen LogP contribution in [0.4, 0.5) is 0 Å². The average molecular weight is 226 g/mol. The van der Waals surface area contributed by atoms with Gasteiger partial charge in [-0.1, -0.05) is 40.0 Å². The SMILES string of the molecule is CCC(CC)CN(CC)C1CCCCNC1. The summed E-state index contributed by atoms with van der Waals surface area (Å²) in [5.74, 6) is 0.892. The first-order valence-electron chi connectivity index (χ1n) is 7.26. The fourth-order valence-corrected chi connectivity index (χ4v) is 2.73. The molecule has 1 N–H and O–H groups in total. The van der Waals surface area contributed by atoms with Crippen molar-refractivity contribution in [3.63, 3.8) is 0 Å². The van der Waals surface area contributed by atoms with Crippen LogP contribution < -0.4 is 5.32 Å². The summed E-state index contributed by atoms with van der Waals surface area (Å²) in [6, 6.07) is 0.785. The van der Waals surface area contributed by atoms with E-state index in [1.54, 1.807) is 0 Å². The Morgan fingerprint density at radius 2 is 1.94 bits per heavy atom. The second-order valence-electron chi connectivity index (χ2n) is 5.12. The van der Waals surface area contributed by atoms with E-state index in [1.807, 2.05) is 0 Å². The molecule has 1 atom stereocenters. The van der Waals surface area contributed by atoms with Crippen molar-refractivity contribution in [1.82, 2.24) is 10.2 Å². The summed E-state index contributed by atoms with van der Waals surface area (Å²) in [6.45, 7) is 11.9. The maximum absolute atomic E-state index is 3.58. The number of likely N-dealkylation sites (N-methyl/N-ethyl adjacent to an activating group) is 1. The molecule has 0 aromatic carbocycles. The van der Waals surface area contributed by atoms with Crippen molar-refractivity contribution in [2.45, 2.75) is 58.9 Å². The van der Waals surface area contributed by atoms with Crippen molar-refractivity contribution in [2.75, 3.05) is 26.2 Å². The Kier molecular flexibility index (Phi) is 7.06. The Bertz CT molecular complexity index is 158. The number of nitrogens with zero attached hydrogens (tertiary/aromatic N) is 1. The average Bonchev–Trinajstić information content (AvgIpc) is 2.60. The molecule has 1 aliphatic heterocycles. The topological polar surface area (TPSA) is 15.3 Å². The third-order valence-corrected chi connectivity index (χ3v) is 4.09. The predicted molar refractivity (Wildman–Crippen MR) is 71.8 cm³/mol. The zero-order valence-electron chi connectivity index (χ0n) is 11.5. The number of nitrogens with one attached hydrogen (secondary N) is 1. The van der Waals surface area contributed by atoms with E-state index in [0.717, 1.165) is 12.0 Å². The number of hydrogen-bond donors (Lipinski definition) is 1. The lowest BCUT2D eigenvalue weighted by Gasteiger charge is -2.32. The Morgan fingerprint density at radius 1 is 1.19 bits per heavy atom. The molecule has 0 spiro atoms. The van der Waals surface area contributed by atoms with Gasteiger partial charge in [0.2, 0.25) is 0 Å². The lowest BCUT2D eigenvalue weighted by atomic mass is 10.0. The molecule has 1 rings (SSSR count). The highest BCUT2D eigenvalue weighted by atomic mass is 15.2. The smallest absolute Gasteiger partial charge is 0.0220 e. The third kappa shape index (κ3) is 4.42. The monoisotopic (exact) mass is 226 g/mol. The molecule has 2 heteroatoms. The molecule has 0 saturated carbocycles. The third-order valence-electron chi connectivity index (χ3n) is 4.09. The minimum atomic E-state index is 0.785. The van der Waals surface area contributed by atoms with Crippen LogP contribution in [0, 0.1) is 5.92 Å². The van der Waals surface area contributed by atoms with Gasteiger partial charge in [-0.05, 0) is 31.8 Å². The van der Waals surface area contributed by atoms with Gasteiger partial charge in [0, 0.05) is 19.1 Å². The molecule has 1 saturated heterocycles. The highest BCUT2D eigenvalue weighted by Crippen LogP contribution is 2.16. The summed E-state index contributed by atoms with van der Waals surface area (Å²) in [7, 11) is 0. The van der Waals surface area contributed by atoms with Crippen LogP contribution >= 0.6 is 0 Å². The lowest BCUT2D eigenvalue weighted by molar-refractivity contribution is 0.163. The summed E-state index contributed by atoms with van der Waals surface area (Å²) in [5, 5.41) is 3.58. The fraction of sp³-hybridized carbons (Fsp3) is 1.00. The molecule has 1 fully saturated rings. The summed E-state index contributed by atoms with van der Waals surface area (Å²) < 4.78 is 0. The molecule has 1 unspecified atom stereocenters. The van der Waals surface area contributed by atoms with Crippen LogP contribution in [0.1, 0.15) is 52.9 Å². The molecule has 0 aliphatic carbocycles. The van der Waals surface area contributed by atoms with Crippen molar-refractivity contribution in [3.05, 3.63) is 0 Å². The van der Waals surface area contributed by atoms with Crippen LogP contribution in [0.5, 0.6) is 0 Å². The first-order valence-corrected chi connectivity index (χ1v) is 7.26. The molecule has 0 aromatic rings. The van der Waals surface area contributed by atoms with Crippen LogP contribution in [0.3, 0.4) is 0 Å². The van der Waals surface area contributed by atoms with Gasteiger partial charge < -0.3 is 5.32 Å².